The molecule has 0 bridgehead atoms. The first-order valence-electron chi connectivity index (χ1n) is 5.91. The van der Waals surface area contributed by atoms with Crippen LogP contribution in [0.2, 0.25) is 0 Å². The highest BCUT2D eigenvalue weighted by atomic mass is 35.5. The van der Waals surface area contributed by atoms with E-state index in [2.05, 4.69) is 12.5 Å². The second-order valence-corrected chi connectivity index (χ2v) is 4.61. The van der Waals surface area contributed by atoms with Crippen molar-refractivity contribution in [2.24, 2.45) is 0 Å². The van der Waals surface area contributed by atoms with Crippen LogP contribution in [0, 0.1) is 18.2 Å². The van der Waals surface area contributed by atoms with E-state index < -0.39 is 5.82 Å². The predicted octanol–water partition coefficient (Wildman–Crippen LogP) is 3.76. The molecule has 0 aromatic heterocycles. The number of hydrogen-bond acceptors (Lipinski definition) is 2. The molecule has 20 heavy (non-hydrogen) atoms. The molecule has 0 N–H and O–H groups in total. The molecular weight excluding hydrogens is 277 g/mol. The molecule has 1 aromatic rings. The van der Waals surface area contributed by atoms with Crippen LogP contribution in [-0.4, -0.2) is 18.6 Å². The van der Waals surface area contributed by atoms with Gasteiger partial charge in [-0.05, 0) is 24.3 Å². The Labute approximate surface area is 122 Å². The molecule has 0 fully saturated rings. The third-order valence-electron chi connectivity index (χ3n) is 2.97. The monoisotopic (exact) mass is 289 g/mol. The molecule has 2 nitrogen and oxygen atoms in total. The number of ether oxygens (including phenoxy) is 1. The summed E-state index contributed by atoms with van der Waals surface area (Å²) in [6, 6.07) is 4.63. The van der Waals surface area contributed by atoms with Crippen LogP contribution < -0.4 is 4.74 Å². The quantitative estimate of drug-likeness (QED) is 0.786. The van der Waals surface area contributed by atoms with Crippen LogP contribution in [-0.2, 0) is 0 Å². The molecule has 0 spiro atoms. The molecule has 102 valence electrons. The van der Waals surface area contributed by atoms with Gasteiger partial charge in [-0.2, -0.15) is 0 Å². The van der Waals surface area contributed by atoms with Crippen LogP contribution >= 0.6 is 11.6 Å². The lowest BCUT2D eigenvalue weighted by atomic mass is 10.1. The topological polar surface area (TPSA) is 12.5 Å². The molecule has 1 aliphatic rings. The largest absolute Gasteiger partial charge is 0.481 e. The number of likely N-dealkylation sites (N-methyl/N-ethyl adjacent to an activating group) is 1. The minimum absolute atomic E-state index is 0.108. The molecule has 0 saturated carbocycles. The average Bonchev–Trinajstić information content (AvgIpc) is 2.44. The highest BCUT2D eigenvalue weighted by molar-refractivity contribution is 6.32. The van der Waals surface area contributed by atoms with Gasteiger partial charge in [0.25, 0.3) is 0 Å². The van der Waals surface area contributed by atoms with Crippen LogP contribution in [0.1, 0.15) is 5.56 Å². The molecule has 1 heterocycles. The Bertz CT molecular complexity index is 655. The first kappa shape index (κ1) is 14.2. The second kappa shape index (κ2) is 5.85. The molecule has 2 rings (SSSR count). The van der Waals surface area contributed by atoms with Crippen molar-refractivity contribution in [3.8, 4) is 18.1 Å². The van der Waals surface area contributed by atoms with Gasteiger partial charge in [0.2, 0.25) is 0 Å². The fourth-order valence-corrected chi connectivity index (χ4v) is 2.04. The van der Waals surface area contributed by atoms with Crippen molar-refractivity contribution in [1.29, 1.82) is 0 Å². The van der Waals surface area contributed by atoms with Crippen molar-refractivity contribution >= 4 is 17.3 Å². The summed E-state index contributed by atoms with van der Waals surface area (Å²) in [6.45, 7) is 3.96. The standard InChI is InChI=1S/C16H13ClFNO/c1-4-9-20-12-5-6-13(15(18)10-12)16-8-7-14(17)11(2)19(16)3/h1,5-8,10H,2,9H2,3H3. The van der Waals surface area contributed by atoms with Crippen molar-refractivity contribution in [3.05, 3.63) is 59.0 Å². The molecule has 0 unspecified atom stereocenters. The van der Waals surface area contributed by atoms with Gasteiger partial charge in [-0.15, -0.1) is 6.42 Å². The molecule has 0 aliphatic carbocycles. The number of benzene rings is 1. The summed E-state index contributed by atoms with van der Waals surface area (Å²) in [7, 11) is 1.78. The van der Waals surface area contributed by atoms with Crippen LogP contribution in [0.3, 0.4) is 0 Å². The highest BCUT2D eigenvalue weighted by Crippen LogP contribution is 2.32. The van der Waals surface area contributed by atoms with Gasteiger partial charge in [-0.3, -0.25) is 0 Å². The highest BCUT2D eigenvalue weighted by Gasteiger charge is 2.19. The Balaban J connectivity index is 2.35. The zero-order chi connectivity index (χ0) is 14.7. The summed E-state index contributed by atoms with van der Waals surface area (Å²) in [5.41, 5.74) is 1.75. The van der Waals surface area contributed by atoms with E-state index >= 15 is 0 Å². The Kier molecular flexibility index (Phi) is 4.16. The van der Waals surface area contributed by atoms with Gasteiger partial charge < -0.3 is 9.64 Å². The summed E-state index contributed by atoms with van der Waals surface area (Å²) in [4.78, 5) is 1.74. The van der Waals surface area contributed by atoms with Crippen LogP contribution in [0.4, 0.5) is 4.39 Å². The van der Waals surface area contributed by atoms with Gasteiger partial charge in [0.15, 0.2) is 0 Å². The summed E-state index contributed by atoms with van der Waals surface area (Å²) >= 11 is 5.98. The van der Waals surface area contributed by atoms with Crippen molar-refractivity contribution in [2.75, 3.05) is 13.7 Å². The third-order valence-corrected chi connectivity index (χ3v) is 3.31. The summed E-state index contributed by atoms with van der Waals surface area (Å²) in [5, 5.41) is 0.533. The number of hydrogen-bond donors (Lipinski definition) is 0. The molecule has 0 radical (unpaired) electrons. The lowest BCUT2D eigenvalue weighted by molar-refractivity contribution is 0.367. The van der Waals surface area contributed by atoms with E-state index in [9.17, 15) is 4.39 Å². The number of nitrogens with zero attached hydrogens (tertiary/aromatic N) is 1. The number of halogens is 2. The summed E-state index contributed by atoms with van der Waals surface area (Å²) in [5.74, 6) is 2.34. The maximum Gasteiger partial charge on any atom is 0.148 e. The SMILES string of the molecule is C#CCOc1ccc(C2=CC=C(Cl)C(=C)N2C)c(F)c1. The summed E-state index contributed by atoms with van der Waals surface area (Å²) < 4.78 is 19.4. The van der Waals surface area contributed by atoms with E-state index in [1.165, 1.54) is 6.07 Å². The first-order chi connectivity index (χ1) is 9.54. The van der Waals surface area contributed by atoms with E-state index in [4.69, 9.17) is 22.8 Å². The number of allylic oxidation sites excluding steroid dienone is 3. The van der Waals surface area contributed by atoms with E-state index in [1.807, 2.05) is 0 Å². The fourth-order valence-electron chi connectivity index (χ4n) is 1.85. The van der Waals surface area contributed by atoms with Crippen molar-refractivity contribution in [1.82, 2.24) is 4.90 Å². The Morgan fingerprint density at radius 2 is 2.20 bits per heavy atom. The number of rotatable bonds is 3. The molecular formula is C16H13ClFNO. The number of terminal acetylenes is 1. The zero-order valence-corrected chi connectivity index (χ0v) is 11.7. The molecule has 0 atom stereocenters. The van der Waals surface area contributed by atoms with Gasteiger partial charge in [0.05, 0.1) is 16.4 Å². The van der Waals surface area contributed by atoms with E-state index in [-0.39, 0.29) is 6.61 Å². The predicted molar refractivity (Wildman–Crippen MR) is 79.5 cm³/mol. The van der Waals surface area contributed by atoms with Crippen molar-refractivity contribution in [2.45, 2.75) is 0 Å². The zero-order valence-electron chi connectivity index (χ0n) is 11.0. The molecule has 0 saturated heterocycles. The van der Waals surface area contributed by atoms with Gasteiger partial charge >= 0.3 is 0 Å². The second-order valence-electron chi connectivity index (χ2n) is 4.21. The first-order valence-corrected chi connectivity index (χ1v) is 6.29. The Morgan fingerprint density at radius 1 is 1.45 bits per heavy atom. The maximum absolute atomic E-state index is 14.2. The van der Waals surface area contributed by atoms with E-state index in [0.717, 1.165) is 0 Å². The smallest absolute Gasteiger partial charge is 0.148 e. The van der Waals surface area contributed by atoms with Gasteiger partial charge in [-0.1, -0.05) is 24.1 Å². The van der Waals surface area contributed by atoms with Crippen LogP contribution in [0.5, 0.6) is 5.75 Å². The normalized spacial score (nSPS) is 14.5. The van der Waals surface area contributed by atoms with Gasteiger partial charge in [-0.25, -0.2) is 4.39 Å². The lowest BCUT2D eigenvalue weighted by Gasteiger charge is -2.27. The summed E-state index contributed by atoms with van der Waals surface area (Å²) in [6.07, 6.45) is 8.54. The van der Waals surface area contributed by atoms with Crippen LogP contribution in [0.25, 0.3) is 5.70 Å². The van der Waals surface area contributed by atoms with E-state index in [1.54, 1.807) is 36.2 Å². The Morgan fingerprint density at radius 3 is 2.85 bits per heavy atom. The Hall–Kier alpha value is -2.18. The molecule has 4 heteroatoms. The van der Waals surface area contributed by atoms with Gasteiger partial charge in [0, 0.05) is 18.7 Å². The molecule has 1 aromatic carbocycles. The van der Waals surface area contributed by atoms with Gasteiger partial charge in [0.1, 0.15) is 18.2 Å². The molecule has 1 aliphatic heterocycles. The van der Waals surface area contributed by atoms with Crippen LogP contribution in [0.15, 0.2) is 47.7 Å². The minimum atomic E-state index is -0.392. The average molecular weight is 290 g/mol. The van der Waals surface area contributed by atoms with Crippen molar-refractivity contribution in [3.63, 3.8) is 0 Å². The lowest BCUT2D eigenvalue weighted by Crippen LogP contribution is -2.18. The van der Waals surface area contributed by atoms with E-state index in [0.29, 0.717) is 27.7 Å². The maximum atomic E-state index is 14.2. The fraction of sp³-hybridized carbons (Fsp3) is 0.125. The minimum Gasteiger partial charge on any atom is -0.481 e. The van der Waals surface area contributed by atoms with Crippen molar-refractivity contribution < 1.29 is 9.13 Å². The third kappa shape index (κ3) is 2.71. The molecule has 0 amide bonds.